The van der Waals surface area contributed by atoms with Crippen LogP contribution < -0.4 is 10.0 Å². The summed E-state index contributed by atoms with van der Waals surface area (Å²) >= 11 is 7.52. The number of hydrogen-bond acceptors (Lipinski definition) is 5. The molecular formula is C24H17ClN4O3S2. The van der Waals surface area contributed by atoms with Crippen molar-refractivity contribution in [1.29, 1.82) is 0 Å². The van der Waals surface area contributed by atoms with Crippen LogP contribution in [0.4, 0.5) is 11.4 Å². The van der Waals surface area contributed by atoms with Gasteiger partial charge in [-0.15, -0.1) is 11.3 Å². The highest BCUT2D eigenvalue weighted by atomic mass is 35.5. The molecule has 2 heterocycles. The summed E-state index contributed by atoms with van der Waals surface area (Å²) in [5.74, 6) is 0.259. The Balaban J connectivity index is 1.33. The predicted octanol–water partition coefficient (Wildman–Crippen LogP) is 6.00. The summed E-state index contributed by atoms with van der Waals surface area (Å²) in [6.07, 6.45) is 0. The summed E-state index contributed by atoms with van der Waals surface area (Å²) in [5, 5.41) is 5.04. The first-order chi connectivity index (χ1) is 16.4. The third-order valence-corrected chi connectivity index (χ3v) is 8.14. The number of nitrogens with zero attached hydrogens (tertiary/aromatic N) is 1. The number of nitrogens with one attached hydrogen (secondary N) is 3. The number of fused-ring (bicyclic) bond motifs is 1. The molecule has 0 fully saturated rings. The van der Waals surface area contributed by atoms with Crippen LogP contribution in [-0.4, -0.2) is 24.3 Å². The van der Waals surface area contributed by atoms with Gasteiger partial charge >= 0.3 is 0 Å². The second-order valence-electron chi connectivity index (χ2n) is 7.37. The molecular weight excluding hydrogens is 492 g/mol. The average Bonchev–Trinajstić information content (AvgIpc) is 3.51. The topological polar surface area (TPSA) is 104 Å². The maximum atomic E-state index is 12.8. The smallest absolute Gasteiger partial charge is 0.271 e. The van der Waals surface area contributed by atoms with E-state index in [2.05, 4.69) is 20.0 Å². The van der Waals surface area contributed by atoms with Gasteiger partial charge in [0.1, 0.15) is 10.0 Å². The van der Waals surface area contributed by atoms with Gasteiger partial charge in [-0.25, -0.2) is 13.4 Å². The van der Waals surface area contributed by atoms with Crippen molar-refractivity contribution in [3.05, 3.63) is 94.8 Å². The first kappa shape index (κ1) is 22.1. The zero-order valence-electron chi connectivity index (χ0n) is 17.4. The van der Waals surface area contributed by atoms with Gasteiger partial charge in [-0.05, 0) is 66.0 Å². The van der Waals surface area contributed by atoms with Crippen molar-refractivity contribution in [1.82, 2.24) is 9.97 Å². The Kier molecular flexibility index (Phi) is 5.82. The summed E-state index contributed by atoms with van der Waals surface area (Å²) in [7, 11) is -3.65. The molecule has 0 atom stereocenters. The average molecular weight is 509 g/mol. The van der Waals surface area contributed by atoms with Gasteiger partial charge in [-0.1, -0.05) is 29.8 Å². The number of carbonyl (C=O) groups is 1. The van der Waals surface area contributed by atoms with Crippen LogP contribution in [0.15, 0.2) is 88.5 Å². The van der Waals surface area contributed by atoms with Crippen LogP contribution in [0.25, 0.3) is 22.4 Å². The first-order valence-electron chi connectivity index (χ1n) is 10.1. The Morgan fingerprint density at radius 3 is 2.44 bits per heavy atom. The number of sulfonamides is 1. The minimum absolute atomic E-state index is 0.220. The van der Waals surface area contributed by atoms with Crippen molar-refractivity contribution >= 4 is 61.3 Å². The number of anilines is 2. The van der Waals surface area contributed by atoms with Crippen LogP contribution in [0.5, 0.6) is 0 Å². The van der Waals surface area contributed by atoms with Gasteiger partial charge in [0.25, 0.3) is 15.9 Å². The fourth-order valence-electron chi connectivity index (χ4n) is 3.38. The Labute approximate surface area is 204 Å². The molecule has 0 unspecified atom stereocenters. The van der Waals surface area contributed by atoms with Gasteiger partial charge in [0.2, 0.25) is 0 Å². The predicted molar refractivity (Wildman–Crippen MR) is 136 cm³/mol. The highest BCUT2D eigenvalue weighted by Gasteiger charge is 2.16. The van der Waals surface area contributed by atoms with Gasteiger partial charge in [0, 0.05) is 22.5 Å². The van der Waals surface area contributed by atoms with Crippen molar-refractivity contribution in [2.45, 2.75) is 4.21 Å². The van der Waals surface area contributed by atoms with E-state index < -0.39 is 10.0 Å². The molecule has 0 saturated heterocycles. The fraction of sp³-hybridized carbons (Fsp3) is 0. The van der Waals surface area contributed by atoms with E-state index in [-0.39, 0.29) is 10.1 Å². The van der Waals surface area contributed by atoms with E-state index in [4.69, 9.17) is 11.6 Å². The minimum Gasteiger partial charge on any atom is -0.338 e. The Hall–Kier alpha value is -3.66. The molecule has 2 aromatic heterocycles. The highest BCUT2D eigenvalue weighted by Crippen LogP contribution is 2.30. The monoisotopic (exact) mass is 508 g/mol. The lowest BCUT2D eigenvalue weighted by Gasteiger charge is -2.10. The molecule has 10 heteroatoms. The van der Waals surface area contributed by atoms with Gasteiger partial charge in [0.15, 0.2) is 0 Å². The van der Waals surface area contributed by atoms with Crippen molar-refractivity contribution < 1.29 is 13.2 Å². The molecule has 0 radical (unpaired) electrons. The quantitative estimate of drug-likeness (QED) is 0.262. The van der Waals surface area contributed by atoms with Crippen molar-refractivity contribution in [3.8, 4) is 11.4 Å². The summed E-state index contributed by atoms with van der Waals surface area (Å²) in [5.41, 5.74) is 3.65. The van der Waals surface area contributed by atoms with Gasteiger partial charge in [-0.3, -0.25) is 9.52 Å². The molecule has 0 aliphatic heterocycles. The van der Waals surface area contributed by atoms with Crippen molar-refractivity contribution in [3.63, 3.8) is 0 Å². The normalized spacial score (nSPS) is 11.4. The number of para-hydroxylation sites is 2. The van der Waals surface area contributed by atoms with E-state index in [0.717, 1.165) is 22.4 Å². The number of imidazole rings is 1. The molecule has 3 aromatic carbocycles. The maximum absolute atomic E-state index is 12.8. The van der Waals surface area contributed by atoms with E-state index in [1.165, 1.54) is 6.07 Å². The largest absolute Gasteiger partial charge is 0.338 e. The van der Waals surface area contributed by atoms with E-state index in [9.17, 15) is 13.2 Å². The second kappa shape index (κ2) is 8.94. The zero-order valence-corrected chi connectivity index (χ0v) is 19.8. The van der Waals surface area contributed by atoms with Gasteiger partial charge in [0.05, 0.1) is 16.1 Å². The maximum Gasteiger partial charge on any atom is 0.271 e. The minimum atomic E-state index is -3.65. The zero-order chi connectivity index (χ0) is 23.7. The van der Waals surface area contributed by atoms with Gasteiger partial charge < -0.3 is 10.3 Å². The second-order valence-corrected chi connectivity index (χ2v) is 10.6. The van der Waals surface area contributed by atoms with Crippen LogP contribution in [0, 0.1) is 0 Å². The summed E-state index contributed by atoms with van der Waals surface area (Å²) in [4.78, 5) is 20.6. The van der Waals surface area contributed by atoms with Gasteiger partial charge in [-0.2, -0.15) is 0 Å². The van der Waals surface area contributed by atoms with Crippen molar-refractivity contribution in [2.75, 3.05) is 10.0 Å². The summed E-state index contributed by atoms with van der Waals surface area (Å²) in [6, 6.07) is 22.2. The molecule has 5 rings (SSSR count). The Morgan fingerprint density at radius 2 is 1.71 bits per heavy atom. The molecule has 0 aliphatic carbocycles. The lowest BCUT2D eigenvalue weighted by molar-refractivity contribution is 0.102. The summed E-state index contributed by atoms with van der Waals surface area (Å²) in [6.45, 7) is 0. The number of amides is 1. The number of aromatic nitrogens is 2. The van der Waals surface area contributed by atoms with E-state index in [0.29, 0.717) is 33.3 Å². The lowest BCUT2D eigenvalue weighted by Crippen LogP contribution is -2.13. The molecule has 7 nitrogen and oxygen atoms in total. The first-order valence-corrected chi connectivity index (χ1v) is 12.9. The SMILES string of the molecule is O=C(Nc1ccc(Cl)c(-c2nc3ccccc3[nH]2)c1)c1ccc(NS(=O)(=O)c2cccs2)cc1. The number of H-pyrrole nitrogens is 1. The molecule has 0 bridgehead atoms. The number of hydrogen-bond donors (Lipinski definition) is 3. The third kappa shape index (κ3) is 4.54. The number of carbonyl (C=O) groups excluding carboxylic acids is 1. The number of aromatic amines is 1. The Morgan fingerprint density at radius 1 is 0.941 bits per heavy atom. The molecule has 1 amide bonds. The highest BCUT2D eigenvalue weighted by molar-refractivity contribution is 7.94. The van der Waals surface area contributed by atoms with E-state index in [1.54, 1.807) is 53.9 Å². The van der Waals surface area contributed by atoms with Crippen LogP contribution >= 0.6 is 22.9 Å². The molecule has 0 aliphatic rings. The van der Waals surface area contributed by atoms with Crippen molar-refractivity contribution in [2.24, 2.45) is 0 Å². The summed E-state index contributed by atoms with van der Waals surface area (Å²) < 4.78 is 27.4. The Bertz CT molecular complexity index is 1560. The van der Waals surface area contributed by atoms with Crippen LogP contribution in [0.2, 0.25) is 5.02 Å². The number of rotatable bonds is 6. The van der Waals surface area contributed by atoms with E-state index in [1.807, 2.05) is 24.3 Å². The molecule has 0 spiro atoms. The lowest BCUT2D eigenvalue weighted by atomic mass is 10.1. The van der Waals surface area contributed by atoms with E-state index >= 15 is 0 Å². The van der Waals surface area contributed by atoms with Crippen LogP contribution in [0.3, 0.4) is 0 Å². The molecule has 170 valence electrons. The molecule has 34 heavy (non-hydrogen) atoms. The third-order valence-electron chi connectivity index (χ3n) is 5.03. The number of thiophene rings is 1. The molecule has 3 N–H and O–H groups in total. The standard InChI is InChI=1S/C24H17ClN4O3S2/c25-19-12-11-17(14-18(19)23-27-20-4-1-2-5-21(20)28-23)26-24(30)15-7-9-16(10-8-15)29-34(31,32)22-6-3-13-33-22/h1-14,29H,(H,26,30)(H,27,28). The number of halogens is 1. The van der Waals surface area contributed by atoms with Crippen LogP contribution in [-0.2, 0) is 10.0 Å². The molecule has 5 aromatic rings. The molecule has 0 saturated carbocycles. The number of benzene rings is 3. The fourth-order valence-corrected chi connectivity index (χ4v) is 5.64. The van der Waals surface area contributed by atoms with Crippen LogP contribution in [0.1, 0.15) is 10.4 Å².